The summed E-state index contributed by atoms with van der Waals surface area (Å²) in [5, 5.41) is 0. The van der Waals surface area contributed by atoms with Crippen LogP contribution in [0.2, 0.25) is 0 Å². The Bertz CT molecular complexity index is 1380. The van der Waals surface area contributed by atoms with Crippen molar-refractivity contribution in [3.8, 4) is 0 Å². The number of alkyl halides is 21. The Morgan fingerprint density at radius 1 is 0.391 bits per heavy atom. The number of allylic oxidation sites excluding steroid dienone is 1. The van der Waals surface area contributed by atoms with Crippen LogP contribution in [0.5, 0.6) is 0 Å². The van der Waals surface area contributed by atoms with E-state index in [1.807, 2.05) is 0 Å². The third kappa shape index (κ3) is 5.80. The van der Waals surface area contributed by atoms with Crippen LogP contribution in [0.15, 0.2) is 66.7 Å². The van der Waals surface area contributed by atoms with Crippen LogP contribution in [0, 0.1) is 0 Å². The van der Waals surface area contributed by atoms with Gasteiger partial charge in [-0.3, -0.25) is 0 Å². The first-order valence-corrected chi connectivity index (χ1v) is 13.0. The Morgan fingerprint density at radius 3 is 1.04 bits per heavy atom. The second-order valence-electron chi connectivity index (χ2n) is 9.01. The molecule has 46 heavy (non-hydrogen) atoms. The summed E-state index contributed by atoms with van der Waals surface area (Å²) in [5.41, 5.74) is -0.513. The van der Waals surface area contributed by atoms with Crippen LogP contribution in [0.25, 0.3) is 4.47 Å². The summed E-state index contributed by atoms with van der Waals surface area (Å²) in [6, 6.07) is 11.2. The molecule has 260 valence electrons. The molecule has 0 heterocycles. The number of hydrogen-bond acceptors (Lipinski definition) is 0. The maximum atomic E-state index is 14.7. The Hall–Kier alpha value is -2.77. The van der Waals surface area contributed by atoms with Gasteiger partial charge in [0.2, 0.25) is 0 Å². The number of hydrogen-bond donors (Lipinski definition) is 0. The Labute approximate surface area is 248 Å². The molecule has 0 bridgehead atoms. The molecule has 2 aromatic carbocycles. The molecule has 0 fully saturated rings. The van der Waals surface area contributed by atoms with Crippen molar-refractivity contribution >= 4 is 23.9 Å². The molecule has 0 spiro atoms. The monoisotopic (exact) mass is 778 g/mol. The molecule has 2 rings (SSSR count). The van der Waals surface area contributed by atoms with Gasteiger partial charge < -0.3 is 0 Å². The average molecular weight is 777 g/mol. The maximum absolute atomic E-state index is 14.7. The van der Waals surface area contributed by atoms with E-state index in [4.69, 9.17) is 0 Å². The quantitative estimate of drug-likeness (QED) is 0.149. The number of rotatable bonds is 12. The number of benzene rings is 2. The van der Waals surface area contributed by atoms with E-state index in [2.05, 4.69) is 0 Å². The van der Waals surface area contributed by atoms with E-state index >= 15 is 0 Å². The Balaban J connectivity index is 2.73. The fourth-order valence-electron chi connectivity index (χ4n) is 3.22. The van der Waals surface area contributed by atoms with Crippen LogP contribution in [0.4, 0.5) is 92.2 Å². The van der Waals surface area contributed by atoms with E-state index in [0.29, 0.717) is 0 Å². The first kappa shape index (κ1) is 39.4. The van der Waals surface area contributed by atoms with Gasteiger partial charge >= 0.3 is 235 Å². The van der Waals surface area contributed by atoms with Crippen LogP contribution < -0.4 is 4.46 Å². The van der Waals surface area contributed by atoms with Gasteiger partial charge in [0.1, 0.15) is 0 Å². The summed E-state index contributed by atoms with van der Waals surface area (Å²) in [6.07, 6.45) is -9.20. The molecule has 0 amide bonds. The third-order valence-electron chi connectivity index (χ3n) is 5.88. The topological polar surface area (TPSA) is 0 Å². The van der Waals surface area contributed by atoms with E-state index in [0.717, 1.165) is 36.4 Å². The van der Waals surface area contributed by atoms with Gasteiger partial charge in [-0.2, -0.15) is 13.2 Å². The standard InChI is InChI=1S/C24H11F21Se/c25-15(26,11-14(12-7-3-1-4-8-12)46-13-9-5-2-6-10-13)16(27,28)17(29,30)18(31,32)19(33,34)20(35,36)21(37,38)22(39,40)23(41,42)24(43,44)45/h1-11H/b14-11+. The fourth-order valence-corrected chi connectivity index (χ4v) is 5.33. The second-order valence-corrected chi connectivity index (χ2v) is 11.3. The molecule has 2 aromatic rings. The van der Waals surface area contributed by atoms with Crippen molar-refractivity contribution in [2.75, 3.05) is 0 Å². The molecule has 0 radical (unpaired) electrons. The molecule has 0 atom stereocenters. The van der Waals surface area contributed by atoms with Crippen molar-refractivity contribution in [3.63, 3.8) is 0 Å². The zero-order valence-electron chi connectivity index (χ0n) is 21.2. The predicted molar refractivity (Wildman–Crippen MR) is 117 cm³/mol. The number of halogens is 21. The van der Waals surface area contributed by atoms with Crippen LogP contribution >= 0.6 is 0 Å². The molecular weight excluding hydrogens is 766 g/mol. The molecule has 0 aliphatic rings. The second kappa shape index (κ2) is 11.7. The summed E-state index contributed by atoms with van der Waals surface area (Å²) in [7, 11) is 0. The van der Waals surface area contributed by atoms with Crippen LogP contribution in [0.1, 0.15) is 5.56 Å². The zero-order valence-corrected chi connectivity index (χ0v) is 22.9. The molecule has 0 nitrogen and oxygen atoms in total. The van der Waals surface area contributed by atoms with Gasteiger partial charge in [0.15, 0.2) is 0 Å². The molecule has 0 unspecified atom stereocenters. The summed E-state index contributed by atoms with van der Waals surface area (Å²) < 4.78 is 286. The van der Waals surface area contributed by atoms with E-state index in [1.54, 1.807) is 0 Å². The Morgan fingerprint density at radius 2 is 0.696 bits per heavy atom. The van der Waals surface area contributed by atoms with Gasteiger partial charge in [0, 0.05) is 0 Å². The van der Waals surface area contributed by atoms with Crippen LogP contribution in [-0.2, 0) is 0 Å². The SMILES string of the molecule is FC(F)(F)C(F)(F)C(F)(F)C(F)(F)C(F)(F)C(F)(F)C(F)(F)C(F)(F)C(F)(F)C(F)(F)/C=C(/[Se]c1ccccc1)c1ccccc1. The van der Waals surface area contributed by atoms with Crippen molar-refractivity contribution in [1.82, 2.24) is 0 Å². The van der Waals surface area contributed by atoms with Crippen LogP contribution in [0.3, 0.4) is 0 Å². The first-order chi connectivity index (χ1) is 20.3. The minimum absolute atomic E-state index is 0.00805. The van der Waals surface area contributed by atoms with Gasteiger partial charge in [-0.1, -0.05) is 0 Å². The summed E-state index contributed by atoms with van der Waals surface area (Å²) in [4.78, 5) is 0. The molecule has 0 N–H and O–H groups in total. The van der Waals surface area contributed by atoms with Crippen molar-refractivity contribution in [2.24, 2.45) is 0 Å². The fraction of sp³-hybridized carbons (Fsp3) is 0.417. The third-order valence-corrected chi connectivity index (χ3v) is 8.15. The van der Waals surface area contributed by atoms with Gasteiger partial charge in [-0.05, 0) is 0 Å². The molecule has 0 aromatic heterocycles. The van der Waals surface area contributed by atoms with E-state index in [-0.39, 0.29) is 4.46 Å². The average Bonchev–Trinajstić information content (AvgIpc) is 2.92. The normalized spacial score (nSPS) is 15.7. The first-order valence-electron chi connectivity index (χ1n) is 11.3. The minimum atomic E-state index is -9.20. The molecule has 0 aliphatic heterocycles. The molecular formula is C24H11F21Se. The van der Waals surface area contributed by atoms with Crippen molar-refractivity contribution in [1.29, 1.82) is 0 Å². The van der Waals surface area contributed by atoms with E-state index in [1.165, 1.54) is 24.3 Å². The van der Waals surface area contributed by atoms with Gasteiger partial charge in [-0.25, -0.2) is 0 Å². The van der Waals surface area contributed by atoms with Gasteiger partial charge in [0.05, 0.1) is 0 Å². The van der Waals surface area contributed by atoms with Crippen molar-refractivity contribution < 1.29 is 92.2 Å². The predicted octanol–water partition coefficient (Wildman–Crippen LogP) is 9.34. The molecule has 0 aliphatic carbocycles. The van der Waals surface area contributed by atoms with Crippen molar-refractivity contribution in [2.45, 2.75) is 59.5 Å². The summed E-state index contributed by atoms with van der Waals surface area (Å²) in [5.74, 6) is -77.3. The molecule has 22 heteroatoms. The molecule has 0 saturated heterocycles. The van der Waals surface area contributed by atoms with Gasteiger partial charge in [0.25, 0.3) is 0 Å². The Kier molecular flexibility index (Phi) is 10.0. The van der Waals surface area contributed by atoms with E-state index in [9.17, 15) is 92.2 Å². The summed E-state index contributed by atoms with van der Waals surface area (Å²) >= 11 is -1.64. The summed E-state index contributed by atoms with van der Waals surface area (Å²) in [6.45, 7) is 0. The van der Waals surface area contributed by atoms with Crippen LogP contribution in [-0.4, -0.2) is 74.4 Å². The van der Waals surface area contributed by atoms with E-state index < -0.39 is 90.5 Å². The zero-order chi connectivity index (χ0) is 36.2. The molecule has 0 saturated carbocycles. The van der Waals surface area contributed by atoms with Crippen molar-refractivity contribution in [3.05, 3.63) is 72.3 Å². The van der Waals surface area contributed by atoms with Gasteiger partial charge in [-0.15, -0.1) is 0 Å².